The standard InChI is InChI=1S/C14H23N3O2S/c1-3-14-15-7-6-13(16-14)10-17-8-4-5-12(9-17)11-20(2,18)19/h6-7,12H,3-5,8-11H2,1-2H3/t12-/m0/s1. The summed E-state index contributed by atoms with van der Waals surface area (Å²) in [6, 6.07) is 1.94. The second kappa shape index (κ2) is 6.63. The van der Waals surface area contributed by atoms with Crippen molar-refractivity contribution >= 4 is 9.84 Å². The van der Waals surface area contributed by atoms with Crippen LogP contribution in [-0.2, 0) is 22.8 Å². The Bertz CT molecular complexity index is 545. The Hall–Kier alpha value is -1.01. The molecule has 0 amide bonds. The van der Waals surface area contributed by atoms with Crippen molar-refractivity contribution in [3.63, 3.8) is 0 Å². The molecule has 112 valence electrons. The summed E-state index contributed by atoms with van der Waals surface area (Å²) < 4.78 is 22.8. The SMILES string of the molecule is CCc1nccc(CN2CCC[C@H](CS(C)(=O)=O)C2)n1. The molecule has 1 aliphatic rings. The van der Waals surface area contributed by atoms with Gasteiger partial charge in [-0.2, -0.15) is 0 Å². The van der Waals surface area contributed by atoms with Crippen molar-refractivity contribution in [2.45, 2.75) is 32.7 Å². The predicted octanol–water partition coefficient (Wildman–Crippen LogP) is 1.30. The van der Waals surface area contributed by atoms with Gasteiger partial charge in [0, 0.05) is 32.0 Å². The van der Waals surface area contributed by atoms with Crippen LogP contribution in [0.15, 0.2) is 12.3 Å². The highest BCUT2D eigenvalue weighted by Gasteiger charge is 2.23. The largest absolute Gasteiger partial charge is 0.297 e. The molecule has 0 aromatic carbocycles. The molecule has 2 heterocycles. The van der Waals surface area contributed by atoms with Gasteiger partial charge in [-0.15, -0.1) is 0 Å². The number of aryl methyl sites for hydroxylation is 1. The van der Waals surface area contributed by atoms with Crippen molar-refractivity contribution in [1.82, 2.24) is 14.9 Å². The van der Waals surface area contributed by atoms with Gasteiger partial charge in [0.15, 0.2) is 0 Å². The summed E-state index contributed by atoms with van der Waals surface area (Å²) in [6.07, 6.45) is 6.03. The van der Waals surface area contributed by atoms with E-state index >= 15 is 0 Å². The van der Waals surface area contributed by atoms with E-state index in [9.17, 15) is 8.42 Å². The zero-order valence-corrected chi connectivity index (χ0v) is 13.1. The molecule has 1 aliphatic heterocycles. The summed E-state index contributed by atoms with van der Waals surface area (Å²) in [5.74, 6) is 1.42. The fourth-order valence-electron chi connectivity index (χ4n) is 2.79. The van der Waals surface area contributed by atoms with Crippen molar-refractivity contribution in [3.05, 3.63) is 23.8 Å². The van der Waals surface area contributed by atoms with Crippen molar-refractivity contribution in [3.8, 4) is 0 Å². The maximum atomic E-state index is 11.4. The minimum atomic E-state index is -2.88. The molecule has 0 bridgehead atoms. The van der Waals surface area contributed by atoms with E-state index in [2.05, 4.69) is 14.9 Å². The molecule has 1 atom stereocenters. The normalized spacial score (nSPS) is 21.0. The van der Waals surface area contributed by atoms with Crippen LogP contribution in [0, 0.1) is 5.92 Å². The van der Waals surface area contributed by atoms with Crippen molar-refractivity contribution in [2.24, 2.45) is 5.92 Å². The maximum Gasteiger partial charge on any atom is 0.147 e. The molecule has 1 aromatic rings. The second-order valence-electron chi connectivity index (χ2n) is 5.65. The van der Waals surface area contributed by atoms with Crippen LogP contribution in [0.5, 0.6) is 0 Å². The van der Waals surface area contributed by atoms with Crippen LogP contribution in [0.4, 0.5) is 0 Å². The number of likely N-dealkylation sites (tertiary alicyclic amines) is 1. The van der Waals surface area contributed by atoms with Crippen LogP contribution in [0.25, 0.3) is 0 Å². The van der Waals surface area contributed by atoms with Gasteiger partial charge in [0.05, 0.1) is 11.4 Å². The Morgan fingerprint density at radius 2 is 2.25 bits per heavy atom. The van der Waals surface area contributed by atoms with E-state index in [0.29, 0.717) is 5.75 Å². The molecular formula is C14H23N3O2S. The Labute approximate surface area is 121 Å². The molecule has 1 aromatic heterocycles. The van der Waals surface area contributed by atoms with Crippen LogP contribution in [-0.4, -0.2) is 48.4 Å². The van der Waals surface area contributed by atoms with E-state index in [4.69, 9.17) is 0 Å². The predicted molar refractivity (Wildman–Crippen MR) is 79.1 cm³/mol. The van der Waals surface area contributed by atoms with Gasteiger partial charge >= 0.3 is 0 Å². The Kier molecular flexibility index (Phi) is 5.10. The molecule has 1 saturated heterocycles. The van der Waals surface area contributed by atoms with Gasteiger partial charge in [-0.1, -0.05) is 6.92 Å². The molecule has 0 unspecified atom stereocenters. The lowest BCUT2D eigenvalue weighted by Crippen LogP contribution is -2.37. The first kappa shape index (κ1) is 15.4. The molecular weight excluding hydrogens is 274 g/mol. The number of sulfone groups is 1. The topological polar surface area (TPSA) is 63.2 Å². The third kappa shape index (κ3) is 4.83. The summed E-state index contributed by atoms with van der Waals surface area (Å²) in [5.41, 5.74) is 1.02. The van der Waals surface area contributed by atoms with E-state index in [-0.39, 0.29) is 5.92 Å². The van der Waals surface area contributed by atoms with Gasteiger partial charge < -0.3 is 0 Å². The van der Waals surface area contributed by atoms with Crippen LogP contribution in [0.1, 0.15) is 31.3 Å². The first-order chi connectivity index (χ1) is 9.46. The molecule has 0 spiro atoms. The van der Waals surface area contributed by atoms with Crippen molar-refractivity contribution in [2.75, 3.05) is 25.1 Å². The van der Waals surface area contributed by atoms with E-state index in [1.165, 1.54) is 6.26 Å². The van der Waals surface area contributed by atoms with Gasteiger partial charge in [-0.3, -0.25) is 4.90 Å². The molecule has 0 radical (unpaired) electrons. The Morgan fingerprint density at radius 1 is 1.45 bits per heavy atom. The van der Waals surface area contributed by atoms with E-state index < -0.39 is 9.84 Å². The van der Waals surface area contributed by atoms with Gasteiger partial charge in [-0.25, -0.2) is 18.4 Å². The average molecular weight is 297 g/mol. The molecule has 6 heteroatoms. The molecule has 1 fully saturated rings. The number of aromatic nitrogens is 2. The second-order valence-corrected chi connectivity index (χ2v) is 7.84. The summed E-state index contributed by atoms with van der Waals surface area (Å²) in [7, 11) is -2.88. The van der Waals surface area contributed by atoms with Crippen LogP contribution in [0.3, 0.4) is 0 Å². The molecule has 0 N–H and O–H groups in total. The highest BCUT2D eigenvalue weighted by molar-refractivity contribution is 7.90. The highest BCUT2D eigenvalue weighted by atomic mass is 32.2. The first-order valence-electron chi connectivity index (χ1n) is 7.17. The van der Waals surface area contributed by atoms with E-state index in [0.717, 1.165) is 50.4 Å². The third-order valence-electron chi connectivity index (χ3n) is 3.61. The van der Waals surface area contributed by atoms with Crippen molar-refractivity contribution < 1.29 is 8.42 Å². The van der Waals surface area contributed by atoms with Gasteiger partial charge in [0.1, 0.15) is 15.7 Å². The zero-order chi connectivity index (χ0) is 14.6. The quantitative estimate of drug-likeness (QED) is 0.819. The zero-order valence-electron chi connectivity index (χ0n) is 12.2. The monoisotopic (exact) mass is 297 g/mol. The number of rotatable bonds is 5. The van der Waals surface area contributed by atoms with Crippen LogP contribution in [0.2, 0.25) is 0 Å². The fourth-order valence-corrected chi connectivity index (χ4v) is 3.92. The lowest BCUT2D eigenvalue weighted by Gasteiger charge is -2.32. The molecule has 2 rings (SSSR count). The first-order valence-corrected chi connectivity index (χ1v) is 9.23. The third-order valence-corrected chi connectivity index (χ3v) is 4.68. The lowest BCUT2D eigenvalue weighted by atomic mass is 10.00. The Morgan fingerprint density at radius 3 is 2.95 bits per heavy atom. The smallest absolute Gasteiger partial charge is 0.147 e. The summed E-state index contributed by atoms with van der Waals surface area (Å²) in [4.78, 5) is 11.0. The highest BCUT2D eigenvalue weighted by Crippen LogP contribution is 2.19. The maximum absolute atomic E-state index is 11.4. The number of nitrogens with zero attached hydrogens (tertiary/aromatic N) is 3. The molecule has 5 nitrogen and oxygen atoms in total. The summed E-state index contributed by atoms with van der Waals surface area (Å²) in [6.45, 7) is 4.70. The number of hydrogen-bond acceptors (Lipinski definition) is 5. The molecule has 0 aliphatic carbocycles. The molecule has 20 heavy (non-hydrogen) atoms. The molecule has 0 saturated carbocycles. The van der Waals surface area contributed by atoms with Crippen LogP contribution >= 0.6 is 0 Å². The lowest BCUT2D eigenvalue weighted by molar-refractivity contribution is 0.176. The minimum Gasteiger partial charge on any atom is -0.297 e. The van der Waals surface area contributed by atoms with Gasteiger partial charge in [0.2, 0.25) is 0 Å². The fraction of sp³-hybridized carbons (Fsp3) is 0.714. The Balaban J connectivity index is 1.95. The minimum absolute atomic E-state index is 0.256. The van der Waals surface area contributed by atoms with Gasteiger partial charge in [-0.05, 0) is 31.4 Å². The number of hydrogen-bond donors (Lipinski definition) is 0. The van der Waals surface area contributed by atoms with Crippen LogP contribution < -0.4 is 0 Å². The summed E-state index contributed by atoms with van der Waals surface area (Å²) >= 11 is 0. The van der Waals surface area contributed by atoms with Crippen molar-refractivity contribution in [1.29, 1.82) is 0 Å². The van der Waals surface area contributed by atoms with E-state index in [1.807, 2.05) is 13.0 Å². The number of piperidine rings is 1. The van der Waals surface area contributed by atoms with E-state index in [1.54, 1.807) is 6.20 Å². The summed E-state index contributed by atoms with van der Waals surface area (Å²) in [5, 5.41) is 0. The van der Waals surface area contributed by atoms with Gasteiger partial charge in [0.25, 0.3) is 0 Å². The average Bonchev–Trinajstić information content (AvgIpc) is 2.37.